The number of aryl methyl sites for hydroxylation is 1. The first kappa shape index (κ1) is 11.9. The van der Waals surface area contributed by atoms with Crippen LogP contribution >= 0.6 is 0 Å². The van der Waals surface area contributed by atoms with Crippen molar-refractivity contribution in [2.24, 2.45) is 12.5 Å². The molecule has 1 spiro atoms. The molecule has 1 saturated heterocycles. The predicted octanol–water partition coefficient (Wildman–Crippen LogP) is -2.23. The summed E-state index contributed by atoms with van der Waals surface area (Å²) in [5.41, 5.74) is 0.519. The van der Waals surface area contributed by atoms with Crippen molar-refractivity contribution in [2.75, 3.05) is 13.1 Å². The molecule has 0 bridgehead atoms. The molecule has 0 radical (unpaired) electrons. The van der Waals surface area contributed by atoms with E-state index in [0.29, 0.717) is 5.41 Å². The van der Waals surface area contributed by atoms with Gasteiger partial charge in [-0.15, -0.1) is 0 Å². The van der Waals surface area contributed by atoms with E-state index in [2.05, 4.69) is 0 Å². The van der Waals surface area contributed by atoms with E-state index in [0.717, 1.165) is 13.1 Å². The van der Waals surface area contributed by atoms with Gasteiger partial charge in [0.1, 0.15) is 12.4 Å². The van der Waals surface area contributed by atoms with Crippen LogP contribution in [-0.2, 0) is 7.05 Å². The second kappa shape index (κ2) is 4.01. The van der Waals surface area contributed by atoms with Crippen LogP contribution in [0.1, 0.15) is 19.3 Å². The van der Waals surface area contributed by atoms with Gasteiger partial charge in [0.15, 0.2) is 0 Å². The zero-order valence-corrected chi connectivity index (χ0v) is 11.6. The molecule has 3 rings (SSSR count). The molecule has 16 heavy (non-hydrogen) atoms. The molecule has 0 unspecified atom stereocenters. The average Bonchev–Trinajstić information content (AvgIpc) is 2.64. The maximum absolute atomic E-state index is 12.1. The van der Waals surface area contributed by atoms with Crippen LogP contribution < -0.4 is 28.5 Å². The van der Waals surface area contributed by atoms with Crippen molar-refractivity contribution in [1.29, 1.82) is 0 Å². The minimum atomic E-state index is 0. The molecule has 5 heteroatoms. The van der Waals surface area contributed by atoms with Crippen LogP contribution in [0.25, 0.3) is 0 Å². The molecule has 1 aliphatic carbocycles. The Bertz CT molecular complexity index is 411. The molecule has 1 aromatic rings. The Hall–Kier alpha value is -0.590. The Labute approximate surface area is 112 Å². The largest absolute Gasteiger partial charge is 1.00 e. The van der Waals surface area contributed by atoms with E-state index in [1.54, 1.807) is 4.57 Å². The van der Waals surface area contributed by atoms with Crippen LogP contribution in [0.3, 0.4) is 0 Å². The molecule has 88 valence electrons. The van der Waals surface area contributed by atoms with E-state index in [9.17, 15) is 4.79 Å². The van der Waals surface area contributed by atoms with Gasteiger partial charge in [0, 0.05) is 13.1 Å². The van der Waals surface area contributed by atoms with E-state index in [1.165, 1.54) is 19.3 Å². The van der Waals surface area contributed by atoms with Crippen molar-refractivity contribution in [3.63, 3.8) is 0 Å². The lowest BCUT2D eigenvalue weighted by molar-refractivity contribution is -0.670. The first-order valence-corrected chi connectivity index (χ1v) is 5.51. The van der Waals surface area contributed by atoms with Gasteiger partial charge in [0.25, 0.3) is 6.33 Å². The summed E-state index contributed by atoms with van der Waals surface area (Å²) in [5, 5.41) is 0. The van der Waals surface area contributed by atoms with Crippen molar-refractivity contribution < 1.29 is 33.3 Å². The first-order valence-electron chi connectivity index (χ1n) is 5.51. The SMILES string of the molecule is C[n+]1ccn(C(=O)N2CCC3(CC3)C2)c1.[I-]. The number of likely N-dealkylation sites (tertiary alicyclic amines) is 1. The van der Waals surface area contributed by atoms with E-state index in [-0.39, 0.29) is 30.0 Å². The smallest absolute Gasteiger partial charge is 0.415 e. The number of hydrogen-bond acceptors (Lipinski definition) is 1. The first-order chi connectivity index (χ1) is 7.19. The number of carbonyl (C=O) groups is 1. The van der Waals surface area contributed by atoms with Crippen molar-refractivity contribution in [1.82, 2.24) is 9.47 Å². The van der Waals surface area contributed by atoms with Crippen LogP contribution in [0.4, 0.5) is 4.79 Å². The lowest BCUT2D eigenvalue weighted by Crippen LogP contribution is -3.00. The summed E-state index contributed by atoms with van der Waals surface area (Å²) in [6.45, 7) is 1.90. The molecule has 2 aliphatic rings. The minimum absolute atomic E-state index is 0. The van der Waals surface area contributed by atoms with E-state index in [4.69, 9.17) is 0 Å². The second-order valence-corrected chi connectivity index (χ2v) is 4.94. The number of halogens is 1. The highest BCUT2D eigenvalue weighted by atomic mass is 127. The van der Waals surface area contributed by atoms with Crippen LogP contribution in [0.5, 0.6) is 0 Å². The summed E-state index contributed by atoms with van der Waals surface area (Å²) >= 11 is 0. The molecular weight excluding hydrogens is 317 g/mol. The van der Waals surface area contributed by atoms with Gasteiger partial charge in [-0.1, -0.05) is 0 Å². The van der Waals surface area contributed by atoms with Gasteiger partial charge in [-0.3, -0.25) is 0 Å². The number of carbonyl (C=O) groups excluding carboxylic acids is 1. The number of rotatable bonds is 0. The topological polar surface area (TPSA) is 29.1 Å². The maximum Gasteiger partial charge on any atom is 0.415 e. The lowest BCUT2D eigenvalue weighted by Gasteiger charge is -2.12. The van der Waals surface area contributed by atoms with Crippen LogP contribution in [0.2, 0.25) is 0 Å². The van der Waals surface area contributed by atoms with E-state index >= 15 is 0 Å². The zero-order valence-electron chi connectivity index (χ0n) is 9.40. The van der Waals surface area contributed by atoms with Crippen LogP contribution in [0.15, 0.2) is 18.7 Å². The molecule has 0 aromatic carbocycles. The van der Waals surface area contributed by atoms with Gasteiger partial charge in [0.05, 0.1) is 7.05 Å². The van der Waals surface area contributed by atoms with Gasteiger partial charge >= 0.3 is 6.03 Å². The van der Waals surface area contributed by atoms with Gasteiger partial charge in [-0.05, 0) is 24.7 Å². The third-order valence-electron chi connectivity index (χ3n) is 3.66. The summed E-state index contributed by atoms with van der Waals surface area (Å²) < 4.78 is 3.56. The molecule has 0 N–H and O–H groups in total. The highest BCUT2D eigenvalue weighted by Gasteiger charge is 2.49. The number of nitrogens with zero attached hydrogens (tertiary/aromatic N) is 3. The summed E-state index contributed by atoms with van der Waals surface area (Å²) in [7, 11) is 1.93. The summed E-state index contributed by atoms with van der Waals surface area (Å²) in [6.07, 6.45) is 9.36. The minimum Gasteiger partial charge on any atom is -1.00 e. The van der Waals surface area contributed by atoms with Gasteiger partial charge in [0.2, 0.25) is 0 Å². The summed E-state index contributed by atoms with van der Waals surface area (Å²) in [4.78, 5) is 14.0. The third-order valence-corrected chi connectivity index (χ3v) is 3.66. The molecule has 1 aliphatic heterocycles. The number of hydrogen-bond donors (Lipinski definition) is 0. The fourth-order valence-corrected chi connectivity index (χ4v) is 2.41. The normalized spacial score (nSPS) is 20.9. The standard InChI is InChI=1S/C11H16N3O.HI/c1-12-6-7-14(9-12)10(15)13-5-4-11(8-13)2-3-11;/h6-7,9H,2-5,8H2,1H3;1H/q+1;/p-1. The van der Waals surface area contributed by atoms with E-state index in [1.807, 2.05) is 35.2 Å². The van der Waals surface area contributed by atoms with Crippen molar-refractivity contribution >= 4 is 6.03 Å². The van der Waals surface area contributed by atoms with Crippen molar-refractivity contribution in [3.05, 3.63) is 18.7 Å². The predicted molar refractivity (Wildman–Crippen MR) is 54.3 cm³/mol. The molecule has 4 nitrogen and oxygen atoms in total. The summed E-state index contributed by atoms with van der Waals surface area (Å²) in [6, 6.07) is 0.124. The van der Waals surface area contributed by atoms with Crippen molar-refractivity contribution in [3.8, 4) is 0 Å². The zero-order chi connectivity index (χ0) is 10.5. The molecular formula is C11H16IN3O. The maximum atomic E-state index is 12.1. The molecule has 1 amide bonds. The average molecular weight is 333 g/mol. The quantitative estimate of drug-likeness (QED) is 0.390. The molecule has 1 aromatic heterocycles. The summed E-state index contributed by atoms with van der Waals surface area (Å²) in [5.74, 6) is 0. The highest BCUT2D eigenvalue weighted by molar-refractivity contribution is 5.76. The fourth-order valence-electron chi connectivity index (χ4n) is 2.41. The highest BCUT2D eigenvalue weighted by Crippen LogP contribution is 2.52. The molecule has 0 atom stereocenters. The Morgan fingerprint density at radius 3 is 2.62 bits per heavy atom. The molecule has 2 heterocycles. The van der Waals surface area contributed by atoms with Gasteiger partial charge in [-0.25, -0.2) is 9.36 Å². The lowest BCUT2D eigenvalue weighted by atomic mass is 10.1. The monoisotopic (exact) mass is 333 g/mol. The third kappa shape index (κ3) is 1.97. The Balaban J connectivity index is 0.000000963. The van der Waals surface area contributed by atoms with Gasteiger partial charge < -0.3 is 28.9 Å². The van der Waals surface area contributed by atoms with Crippen LogP contribution in [-0.4, -0.2) is 28.6 Å². The molecule has 2 fully saturated rings. The number of amides is 1. The Morgan fingerprint density at radius 2 is 2.12 bits per heavy atom. The van der Waals surface area contributed by atoms with E-state index < -0.39 is 0 Å². The fraction of sp³-hybridized carbons (Fsp3) is 0.636. The second-order valence-electron chi connectivity index (χ2n) is 4.94. The van der Waals surface area contributed by atoms with Gasteiger partial charge in [-0.2, -0.15) is 4.57 Å². The Morgan fingerprint density at radius 1 is 1.38 bits per heavy atom. The van der Waals surface area contributed by atoms with Crippen molar-refractivity contribution in [2.45, 2.75) is 19.3 Å². The van der Waals surface area contributed by atoms with Crippen LogP contribution in [0, 0.1) is 5.41 Å². The number of aromatic nitrogens is 2. The number of imidazole rings is 1. The Kier molecular flexibility index (Phi) is 2.98. The molecule has 1 saturated carbocycles.